The number of rotatable bonds is 2. The summed E-state index contributed by atoms with van der Waals surface area (Å²) < 4.78 is 0.778. The highest BCUT2D eigenvalue weighted by atomic mass is 79.9. The number of amides is 1. The second-order valence-electron chi connectivity index (χ2n) is 4.61. The van der Waals surface area contributed by atoms with Gasteiger partial charge in [0.05, 0.1) is 5.56 Å². The number of nitrogens with one attached hydrogen (secondary N) is 1. The van der Waals surface area contributed by atoms with Gasteiger partial charge in [-0.1, -0.05) is 11.6 Å². The predicted octanol–water partition coefficient (Wildman–Crippen LogP) is 4.02. The van der Waals surface area contributed by atoms with Gasteiger partial charge in [0.2, 0.25) is 0 Å². The minimum atomic E-state index is -0.159. The van der Waals surface area contributed by atoms with Crippen LogP contribution in [0.2, 0.25) is 0 Å². The van der Waals surface area contributed by atoms with Crippen molar-refractivity contribution in [3.63, 3.8) is 0 Å². The molecule has 0 bridgehead atoms. The molecule has 1 amide bonds. The first kappa shape index (κ1) is 13.7. The molecule has 0 fully saturated rings. The van der Waals surface area contributed by atoms with Crippen LogP contribution in [0.4, 0.5) is 5.82 Å². The Hall–Kier alpha value is -1.68. The van der Waals surface area contributed by atoms with Gasteiger partial charge >= 0.3 is 0 Å². The molecule has 1 N–H and O–H groups in total. The lowest BCUT2D eigenvalue weighted by atomic mass is 10.1. The van der Waals surface area contributed by atoms with Crippen molar-refractivity contribution in [2.24, 2.45) is 0 Å². The number of hydrogen-bond donors (Lipinski definition) is 1. The van der Waals surface area contributed by atoms with Crippen LogP contribution in [0.5, 0.6) is 0 Å². The van der Waals surface area contributed by atoms with E-state index in [1.54, 1.807) is 0 Å². The monoisotopic (exact) mass is 318 g/mol. The zero-order valence-electron chi connectivity index (χ0n) is 11.1. The van der Waals surface area contributed by atoms with Crippen molar-refractivity contribution < 1.29 is 4.79 Å². The Kier molecular flexibility index (Phi) is 4.00. The third-order valence-corrected chi connectivity index (χ3v) is 3.40. The quantitative estimate of drug-likeness (QED) is 0.908. The number of aromatic nitrogens is 1. The SMILES string of the molecule is Cc1cc(C)nc(NC(=O)c2cc(C)ccc2Br)c1. The summed E-state index contributed by atoms with van der Waals surface area (Å²) in [6, 6.07) is 9.50. The molecule has 0 atom stereocenters. The molecule has 98 valence electrons. The van der Waals surface area contributed by atoms with Crippen LogP contribution in [0, 0.1) is 20.8 Å². The Labute approximate surface area is 121 Å². The zero-order chi connectivity index (χ0) is 14.0. The molecule has 1 heterocycles. The van der Waals surface area contributed by atoms with Crippen molar-refractivity contribution in [2.45, 2.75) is 20.8 Å². The van der Waals surface area contributed by atoms with E-state index in [2.05, 4.69) is 26.2 Å². The van der Waals surface area contributed by atoms with E-state index < -0.39 is 0 Å². The Morgan fingerprint density at radius 1 is 1.11 bits per heavy atom. The lowest BCUT2D eigenvalue weighted by molar-refractivity contribution is 0.102. The fraction of sp³-hybridized carbons (Fsp3) is 0.200. The zero-order valence-corrected chi connectivity index (χ0v) is 12.7. The maximum Gasteiger partial charge on any atom is 0.257 e. The number of nitrogens with zero attached hydrogens (tertiary/aromatic N) is 1. The lowest BCUT2D eigenvalue weighted by Crippen LogP contribution is -2.14. The number of benzene rings is 1. The summed E-state index contributed by atoms with van der Waals surface area (Å²) in [5, 5.41) is 2.83. The standard InChI is InChI=1S/C15H15BrN2O/c1-9-4-5-13(16)12(7-9)15(19)18-14-8-10(2)6-11(3)17-14/h4-8H,1-3H3,(H,17,18,19). The molecule has 0 saturated carbocycles. The average molecular weight is 319 g/mol. The molecular weight excluding hydrogens is 304 g/mol. The summed E-state index contributed by atoms with van der Waals surface area (Å²) in [6.45, 7) is 5.84. The van der Waals surface area contributed by atoms with Crippen LogP contribution < -0.4 is 5.32 Å². The van der Waals surface area contributed by atoms with Crippen LogP contribution in [-0.4, -0.2) is 10.9 Å². The van der Waals surface area contributed by atoms with Gasteiger partial charge in [-0.3, -0.25) is 4.79 Å². The maximum atomic E-state index is 12.2. The molecule has 0 aliphatic heterocycles. The molecule has 0 unspecified atom stereocenters. The summed E-state index contributed by atoms with van der Waals surface area (Å²) in [6.07, 6.45) is 0. The Bertz CT molecular complexity index is 618. The number of halogens is 1. The molecule has 1 aromatic heterocycles. The molecule has 0 radical (unpaired) electrons. The highest BCUT2D eigenvalue weighted by Crippen LogP contribution is 2.19. The van der Waals surface area contributed by atoms with Crippen LogP contribution in [0.15, 0.2) is 34.8 Å². The van der Waals surface area contributed by atoms with Crippen molar-refractivity contribution >= 4 is 27.7 Å². The predicted molar refractivity (Wildman–Crippen MR) is 80.5 cm³/mol. The second-order valence-corrected chi connectivity index (χ2v) is 5.46. The summed E-state index contributed by atoms with van der Waals surface area (Å²) >= 11 is 3.39. The van der Waals surface area contributed by atoms with Gasteiger partial charge in [-0.05, 0) is 66.5 Å². The number of pyridine rings is 1. The van der Waals surface area contributed by atoms with Crippen molar-refractivity contribution in [3.05, 3.63) is 57.2 Å². The third kappa shape index (κ3) is 3.41. The molecule has 3 nitrogen and oxygen atoms in total. The Balaban J connectivity index is 2.28. The van der Waals surface area contributed by atoms with Crippen molar-refractivity contribution in [3.8, 4) is 0 Å². The molecule has 0 aliphatic carbocycles. The van der Waals surface area contributed by atoms with Gasteiger partial charge in [0.25, 0.3) is 5.91 Å². The van der Waals surface area contributed by atoms with E-state index in [-0.39, 0.29) is 5.91 Å². The van der Waals surface area contributed by atoms with E-state index in [4.69, 9.17) is 0 Å². The molecule has 0 saturated heterocycles. The highest BCUT2D eigenvalue weighted by Gasteiger charge is 2.11. The third-order valence-electron chi connectivity index (χ3n) is 2.71. The highest BCUT2D eigenvalue weighted by molar-refractivity contribution is 9.10. The van der Waals surface area contributed by atoms with E-state index >= 15 is 0 Å². The van der Waals surface area contributed by atoms with Crippen molar-refractivity contribution in [2.75, 3.05) is 5.32 Å². The minimum Gasteiger partial charge on any atom is -0.307 e. The molecule has 0 aliphatic rings. The number of anilines is 1. The first-order valence-electron chi connectivity index (χ1n) is 5.98. The van der Waals surface area contributed by atoms with Crippen molar-refractivity contribution in [1.82, 2.24) is 4.98 Å². The summed E-state index contributed by atoms with van der Waals surface area (Å²) in [7, 11) is 0. The first-order chi connectivity index (χ1) is 8.95. The average Bonchev–Trinajstić information content (AvgIpc) is 2.30. The van der Waals surface area contributed by atoms with E-state index in [1.165, 1.54) is 0 Å². The topological polar surface area (TPSA) is 42.0 Å². The van der Waals surface area contributed by atoms with Gasteiger partial charge in [0.15, 0.2) is 0 Å². The molecule has 4 heteroatoms. The fourth-order valence-corrected chi connectivity index (χ4v) is 2.33. The Morgan fingerprint density at radius 3 is 2.53 bits per heavy atom. The maximum absolute atomic E-state index is 12.2. The molecule has 19 heavy (non-hydrogen) atoms. The normalized spacial score (nSPS) is 10.3. The van der Waals surface area contributed by atoms with Crippen LogP contribution in [0.25, 0.3) is 0 Å². The number of carbonyl (C=O) groups is 1. The number of carbonyl (C=O) groups excluding carboxylic acids is 1. The van der Waals surface area contributed by atoms with Gasteiger partial charge in [0.1, 0.15) is 5.82 Å². The van der Waals surface area contributed by atoms with Crippen molar-refractivity contribution in [1.29, 1.82) is 0 Å². The molecular formula is C15H15BrN2O. The summed E-state index contributed by atoms with van der Waals surface area (Å²) in [4.78, 5) is 16.5. The molecule has 0 spiro atoms. The Morgan fingerprint density at radius 2 is 1.84 bits per heavy atom. The van der Waals surface area contributed by atoms with Gasteiger partial charge in [-0.15, -0.1) is 0 Å². The van der Waals surface area contributed by atoms with Gasteiger partial charge in [-0.25, -0.2) is 4.98 Å². The first-order valence-corrected chi connectivity index (χ1v) is 6.78. The van der Waals surface area contributed by atoms with Crippen LogP contribution in [-0.2, 0) is 0 Å². The van der Waals surface area contributed by atoms with E-state index in [0.717, 1.165) is 21.3 Å². The lowest BCUT2D eigenvalue weighted by Gasteiger charge is -2.08. The fourth-order valence-electron chi connectivity index (χ4n) is 1.90. The van der Waals surface area contributed by atoms with Crippen LogP contribution >= 0.6 is 15.9 Å². The molecule has 1 aromatic carbocycles. The second kappa shape index (κ2) is 5.53. The summed E-state index contributed by atoms with van der Waals surface area (Å²) in [5.41, 5.74) is 3.62. The molecule has 2 rings (SSSR count). The van der Waals surface area contributed by atoms with Crippen LogP contribution in [0.3, 0.4) is 0 Å². The largest absolute Gasteiger partial charge is 0.307 e. The van der Waals surface area contributed by atoms with Gasteiger partial charge in [-0.2, -0.15) is 0 Å². The smallest absolute Gasteiger partial charge is 0.257 e. The van der Waals surface area contributed by atoms with Crippen LogP contribution in [0.1, 0.15) is 27.2 Å². The number of aryl methyl sites for hydroxylation is 3. The van der Waals surface area contributed by atoms with Gasteiger partial charge < -0.3 is 5.32 Å². The number of hydrogen-bond acceptors (Lipinski definition) is 2. The summed E-state index contributed by atoms with van der Waals surface area (Å²) in [5.74, 6) is 0.420. The van der Waals surface area contributed by atoms with E-state index in [0.29, 0.717) is 11.4 Å². The minimum absolute atomic E-state index is 0.159. The van der Waals surface area contributed by atoms with E-state index in [9.17, 15) is 4.79 Å². The van der Waals surface area contributed by atoms with E-state index in [1.807, 2.05) is 51.1 Å². The molecule has 2 aromatic rings. The van der Waals surface area contributed by atoms with Gasteiger partial charge in [0, 0.05) is 10.2 Å².